The van der Waals surface area contributed by atoms with Crippen LogP contribution in [0.3, 0.4) is 0 Å². The Hall–Kier alpha value is -1.16. The highest BCUT2D eigenvalue weighted by Gasteiger charge is 2.16. The van der Waals surface area contributed by atoms with Gasteiger partial charge in [-0.1, -0.05) is 6.92 Å². The maximum Gasteiger partial charge on any atom is 0.130 e. The van der Waals surface area contributed by atoms with E-state index in [0.717, 1.165) is 17.9 Å². The zero-order valence-corrected chi connectivity index (χ0v) is 9.62. The first kappa shape index (κ1) is 11.9. The number of anilines is 1. The summed E-state index contributed by atoms with van der Waals surface area (Å²) in [6.07, 6.45) is 3.16. The molecule has 1 rings (SSSR count). The summed E-state index contributed by atoms with van der Waals surface area (Å²) in [6.45, 7) is 6.31. The molecule has 0 aliphatic carbocycles. The van der Waals surface area contributed by atoms with E-state index in [0.29, 0.717) is 6.42 Å². The van der Waals surface area contributed by atoms with Crippen LogP contribution < -0.4 is 5.32 Å². The monoisotopic (exact) mass is 209 g/mol. The molecule has 1 aromatic rings. The average Bonchev–Trinajstić information content (AvgIpc) is 2.17. The van der Waals surface area contributed by atoms with Crippen LogP contribution in [0.4, 0.5) is 5.82 Å². The predicted molar refractivity (Wildman–Crippen MR) is 60.8 cm³/mol. The summed E-state index contributed by atoms with van der Waals surface area (Å²) in [6, 6.07) is 1.94. The molecule has 1 heterocycles. The zero-order chi connectivity index (χ0) is 11.3. The Labute approximate surface area is 90.8 Å². The molecule has 0 bridgehead atoms. The van der Waals surface area contributed by atoms with Crippen LogP contribution in [0, 0.1) is 0 Å². The quantitative estimate of drug-likeness (QED) is 0.773. The maximum absolute atomic E-state index is 8.91. The van der Waals surface area contributed by atoms with Gasteiger partial charge < -0.3 is 10.4 Å². The molecule has 15 heavy (non-hydrogen) atoms. The topological polar surface area (TPSA) is 58.0 Å². The Morgan fingerprint density at radius 3 is 2.73 bits per heavy atom. The third-order valence-corrected chi connectivity index (χ3v) is 2.29. The molecule has 4 heteroatoms. The van der Waals surface area contributed by atoms with E-state index in [1.165, 1.54) is 0 Å². The van der Waals surface area contributed by atoms with Gasteiger partial charge in [-0.15, -0.1) is 0 Å². The minimum Gasteiger partial charge on any atom is -0.396 e. The summed E-state index contributed by atoms with van der Waals surface area (Å²) in [5, 5.41) is 12.2. The molecule has 0 atom stereocenters. The van der Waals surface area contributed by atoms with Crippen LogP contribution in [0.15, 0.2) is 12.4 Å². The third-order valence-electron chi connectivity index (χ3n) is 2.29. The highest BCUT2D eigenvalue weighted by atomic mass is 16.3. The molecule has 0 saturated heterocycles. The predicted octanol–water partition coefficient (Wildman–Crippen LogP) is 1.61. The van der Waals surface area contributed by atoms with Crippen LogP contribution in [-0.2, 0) is 6.42 Å². The molecule has 0 amide bonds. The van der Waals surface area contributed by atoms with E-state index in [4.69, 9.17) is 5.11 Å². The van der Waals surface area contributed by atoms with Crippen molar-refractivity contribution in [2.24, 2.45) is 0 Å². The summed E-state index contributed by atoms with van der Waals surface area (Å²) in [5.41, 5.74) is 0.876. The lowest BCUT2D eigenvalue weighted by molar-refractivity contribution is 0.260. The number of rotatable bonds is 5. The van der Waals surface area contributed by atoms with Crippen LogP contribution in [0.25, 0.3) is 0 Å². The van der Waals surface area contributed by atoms with Gasteiger partial charge in [0.25, 0.3) is 0 Å². The number of nitrogens with one attached hydrogen (secondary N) is 1. The molecule has 0 aromatic carbocycles. The van der Waals surface area contributed by atoms with Gasteiger partial charge in [0.15, 0.2) is 0 Å². The van der Waals surface area contributed by atoms with Crippen molar-refractivity contribution in [2.45, 2.75) is 39.2 Å². The van der Waals surface area contributed by atoms with Crippen molar-refractivity contribution in [1.82, 2.24) is 9.97 Å². The summed E-state index contributed by atoms with van der Waals surface area (Å²) < 4.78 is 0. The minimum absolute atomic E-state index is 0.145. The fourth-order valence-corrected chi connectivity index (χ4v) is 1.35. The molecule has 0 radical (unpaired) electrons. The summed E-state index contributed by atoms with van der Waals surface area (Å²) in [4.78, 5) is 8.28. The number of aliphatic hydroxyl groups excluding tert-OH is 1. The lowest BCUT2D eigenvalue weighted by atomic mass is 10.0. The second-order valence-corrected chi connectivity index (χ2v) is 4.23. The maximum atomic E-state index is 8.91. The van der Waals surface area contributed by atoms with E-state index in [2.05, 4.69) is 22.2 Å². The second-order valence-electron chi connectivity index (χ2n) is 4.23. The van der Waals surface area contributed by atoms with E-state index in [9.17, 15) is 0 Å². The van der Waals surface area contributed by atoms with Crippen molar-refractivity contribution < 1.29 is 5.11 Å². The van der Waals surface area contributed by atoms with Gasteiger partial charge in [0.1, 0.15) is 12.1 Å². The van der Waals surface area contributed by atoms with Gasteiger partial charge in [-0.2, -0.15) is 0 Å². The number of aliphatic hydroxyl groups is 1. The van der Waals surface area contributed by atoms with Gasteiger partial charge in [0.05, 0.1) is 0 Å². The summed E-state index contributed by atoms with van der Waals surface area (Å²) >= 11 is 0. The van der Waals surface area contributed by atoms with Crippen molar-refractivity contribution in [1.29, 1.82) is 0 Å². The van der Waals surface area contributed by atoms with Crippen molar-refractivity contribution in [2.75, 3.05) is 11.9 Å². The molecule has 0 fully saturated rings. The van der Waals surface area contributed by atoms with Crippen LogP contribution in [0.2, 0.25) is 0 Å². The van der Waals surface area contributed by atoms with Crippen LogP contribution in [0.5, 0.6) is 0 Å². The number of hydrogen-bond donors (Lipinski definition) is 2. The number of aryl methyl sites for hydroxylation is 1. The molecular weight excluding hydrogens is 190 g/mol. The first-order valence-electron chi connectivity index (χ1n) is 5.27. The van der Waals surface area contributed by atoms with Crippen LogP contribution in [-0.4, -0.2) is 27.2 Å². The van der Waals surface area contributed by atoms with Gasteiger partial charge in [0, 0.05) is 23.9 Å². The Balaban J connectivity index is 2.71. The molecule has 0 unspecified atom stereocenters. The van der Waals surface area contributed by atoms with Crippen molar-refractivity contribution in [3.05, 3.63) is 18.1 Å². The van der Waals surface area contributed by atoms with E-state index in [1.54, 1.807) is 6.33 Å². The van der Waals surface area contributed by atoms with Gasteiger partial charge in [-0.05, 0) is 26.7 Å². The number of nitrogens with zero attached hydrogens (tertiary/aromatic N) is 2. The molecular formula is C11H19N3O. The summed E-state index contributed by atoms with van der Waals surface area (Å²) in [5.74, 6) is 0.820. The Kier molecular flexibility index (Phi) is 4.03. The number of hydrogen-bond acceptors (Lipinski definition) is 4. The van der Waals surface area contributed by atoms with Gasteiger partial charge in [-0.25, -0.2) is 9.97 Å². The standard InChI is InChI=1S/C11H19N3O/c1-4-9-7-10(13-8-12-9)14-11(2,3)5-6-15/h7-8,15H,4-6H2,1-3H3,(H,12,13,14). The van der Waals surface area contributed by atoms with Crippen LogP contribution >= 0.6 is 0 Å². The molecule has 0 saturated carbocycles. The highest BCUT2D eigenvalue weighted by Crippen LogP contribution is 2.16. The van der Waals surface area contributed by atoms with Gasteiger partial charge in [-0.3, -0.25) is 0 Å². The Bertz CT molecular complexity index is 312. The van der Waals surface area contributed by atoms with Crippen LogP contribution in [0.1, 0.15) is 32.9 Å². The first-order chi connectivity index (χ1) is 7.07. The average molecular weight is 209 g/mol. The van der Waals surface area contributed by atoms with Gasteiger partial charge in [0.2, 0.25) is 0 Å². The fraction of sp³-hybridized carbons (Fsp3) is 0.636. The number of aromatic nitrogens is 2. The highest BCUT2D eigenvalue weighted by molar-refractivity contribution is 5.37. The van der Waals surface area contributed by atoms with Crippen molar-refractivity contribution in [3.8, 4) is 0 Å². The molecule has 0 spiro atoms. The lowest BCUT2D eigenvalue weighted by Crippen LogP contribution is -2.32. The van der Waals surface area contributed by atoms with E-state index >= 15 is 0 Å². The minimum atomic E-state index is -0.145. The van der Waals surface area contributed by atoms with E-state index < -0.39 is 0 Å². The molecule has 84 valence electrons. The Morgan fingerprint density at radius 2 is 2.13 bits per heavy atom. The van der Waals surface area contributed by atoms with E-state index in [-0.39, 0.29) is 12.1 Å². The summed E-state index contributed by atoms with van der Waals surface area (Å²) in [7, 11) is 0. The fourth-order valence-electron chi connectivity index (χ4n) is 1.35. The van der Waals surface area contributed by atoms with Crippen molar-refractivity contribution in [3.63, 3.8) is 0 Å². The Morgan fingerprint density at radius 1 is 1.40 bits per heavy atom. The first-order valence-corrected chi connectivity index (χ1v) is 5.27. The largest absolute Gasteiger partial charge is 0.396 e. The van der Waals surface area contributed by atoms with E-state index in [1.807, 2.05) is 19.9 Å². The normalized spacial score (nSPS) is 11.5. The third kappa shape index (κ3) is 3.83. The van der Waals surface area contributed by atoms with Gasteiger partial charge >= 0.3 is 0 Å². The SMILES string of the molecule is CCc1cc(NC(C)(C)CCO)ncn1. The molecule has 0 aliphatic heterocycles. The molecule has 2 N–H and O–H groups in total. The molecule has 4 nitrogen and oxygen atoms in total. The smallest absolute Gasteiger partial charge is 0.130 e. The molecule has 1 aromatic heterocycles. The lowest BCUT2D eigenvalue weighted by Gasteiger charge is -2.26. The molecule has 0 aliphatic rings. The van der Waals surface area contributed by atoms with Crippen molar-refractivity contribution >= 4 is 5.82 Å². The zero-order valence-electron chi connectivity index (χ0n) is 9.62. The second kappa shape index (κ2) is 5.07.